The number of hydrogen-bond acceptors (Lipinski definition) is 3. The molecule has 1 aliphatic heterocycles. The number of anilines is 1. The van der Waals surface area contributed by atoms with Gasteiger partial charge in [-0.3, -0.25) is 14.5 Å². The lowest BCUT2D eigenvalue weighted by Gasteiger charge is -2.30. The fourth-order valence-corrected chi connectivity index (χ4v) is 3.31. The van der Waals surface area contributed by atoms with Gasteiger partial charge in [-0.25, -0.2) is 0 Å². The molecule has 0 spiro atoms. The zero-order valence-corrected chi connectivity index (χ0v) is 15.3. The number of hydrogen-bond donors (Lipinski definition) is 2. The van der Waals surface area contributed by atoms with E-state index in [-0.39, 0.29) is 18.4 Å². The third-order valence-corrected chi connectivity index (χ3v) is 4.51. The highest BCUT2D eigenvalue weighted by Gasteiger charge is 2.18. The van der Waals surface area contributed by atoms with Gasteiger partial charge in [0.25, 0.3) is 0 Å². The number of nitrogens with one attached hydrogen (secondary N) is 2. The molecular formula is C17H24BrN3O2. The first-order valence-corrected chi connectivity index (χ1v) is 8.78. The monoisotopic (exact) mass is 381 g/mol. The number of halogens is 1. The van der Waals surface area contributed by atoms with E-state index in [0.29, 0.717) is 12.5 Å². The Morgan fingerprint density at radius 1 is 1.35 bits per heavy atom. The van der Waals surface area contributed by atoms with Crippen LogP contribution in [0.5, 0.6) is 0 Å². The molecule has 1 saturated heterocycles. The minimum atomic E-state index is -0.212. The van der Waals surface area contributed by atoms with Crippen molar-refractivity contribution < 1.29 is 9.59 Å². The standard InChI is InChI=1S/C17H24BrN3O2/c1-12-4-3-7-21(10-12)11-17(23)19-9-16(22)20-15-6-5-14(18)8-13(15)2/h5-6,8,12H,3-4,7,9-11H2,1-2H3,(H,19,23)(H,20,22)/t12-/m0/s1. The molecule has 1 atom stereocenters. The van der Waals surface area contributed by atoms with Crippen LogP contribution in [0, 0.1) is 12.8 Å². The van der Waals surface area contributed by atoms with Gasteiger partial charge in [0.1, 0.15) is 0 Å². The highest BCUT2D eigenvalue weighted by atomic mass is 79.9. The van der Waals surface area contributed by atoms with E-state index >= 15 is 0 Å². The Balaban J connectivity index is 1.74. The van der Waals surface area contributed by atoms with E-state index in [1.807, 2.05) is 25.1 Å². The van der Waals surface area contributed by atoms with Gasteiger partial charge in [0.2, 0.25) is 11.8 Å². The van der Waals surface area contributed by atoms with Crippen LogP contribution in [0.15, 0.2) is 22.7 Å². The second-order valence-electron chi connectivity index (χ2n) is 6.27. The SMILES string of the molecule is Cc1cc(Br)ccc1NC(=O)CNC(=O)CN1CCC[C@H](C)C1. The summed E-state index contributed by atoms with van der Waals surface area (Å²) in [5.74, 6) is 0.331. The van der Waals surface area contributed by atoms with Crippen LogP contribution in [0.1, 0.15) is 25.3 Å². The predicted octanol–water partition coefficient (Wildman–Crippen LogP) is 2.54. The van der Waals surface area contributed by atoms with Crippen molar-refractivity contribution in [1.82, 2.24) is 10.2 Å². The van der Waals surface area contributed by atoms with E-state index < -0.39 is 0 Å². The minimum absolute atomic E-state index is 0.00225. The number of nitrogens with zero attached hydrogens (tertiary/aromatic N) is 1. The molecule has 1 aromatic rings. The molecule has 2 amide bonds. The first-order valence-electron chi connectivity index (χ1n) is 7.99. The molecule has 126 valence electrons. The fourth-order valence-electron chi connectivity index (χ4n) is 2.83. The zero-order valence-electron chi connectivity index (χ0n) is 13.7. The molecule has 1 heterocycles. The predicted molar refractivity (Wildman–Crippen MR) is 95.4 cm³/mol. The number of carbonyl (C=O) groups excluding carboxylic acids is 2. The Hall–Kier alpha value is -1.40. The van der Waals surface area contributed by atoms with Gasteiger partial charge in [-0.1, -0.05) is 22.9 Å². The Bertz CT molecular complexity index is 577. The van der Waals surface area contributed by atoms with Crippen LogP contribution >= 0.6 is 15.9 Å². The Kier molecular flexibility index (Phi) is 6.59. The quantitative estimate of drug-likeness (QED) is 0.823. The van der Waals surface area contributed by atoms with E-state index in [2.05, 4.69) is 38.4 Å². The molecule has 2 rings (SSSR count). The van der Waals surface area contributed by atoms with Crippen molar-refractivity contribution in [2.24, 2.45) is 5.92 Å². The lowest BCUT2D eigenvalue weighted by atomic mass is 10.0. The Morgan fingerprint density at radius 3 is 2.83 bits per heavy atom. The maximum absolute atomic E-state index is 11.9. The van der Waals surface area contributed by atoms with Crippen LogP contribution in [0.3, 0.4) is 0 Å². The maximum atomic E-state index is 11.9. The van der Waals surface area contributed by atoms with Crippen molar-refractivity contribution in [2.45, 2.75) is 26.7 Å². The van der Waals surface area contributed by atoms with Crippen molar-refractivity contribution >= 4 is 33.4 Å². The van der Waals surface area contributed by atoms with Crippen LogP contribution in [-0.2, 0) is 9.59 Å². The van der Waals surface area contributed by atoms with Gasteiger partial charge in [-0.05, 0) is 56.0 Å². The smallest absolute Gasteiger partial charge is 0.243 e. The fraction of sp³-hybridized carbons (Fsp3) is 0.529. The molecule has 1 aromatic carbocycles. The number of amides is 2. The molecule has 6 heteroatoms. The van der Waals surface area contributed by atoms with Gasteiger partial charge in [0, 0.05) is 16.7 Å². The molecule has 2 N–H and O–H groups in total. The van der Waals surface area contributed by atoms with Crippen LogP contribution in [0.2, 0.25) is 0 Å². The normalized spacial score (nSPS) is 18.5. The first kappa shape index (κ1) is 17.9. The molecule has 0 saturated carbocycles. The van der Waals surface area contributed by atoms with Crippen molar-refractivity contribution in [3.8, 4) is 0 Å². The molecule has 0 bridgehead atoms. The number of likely N-dealkylation sites (tertiary alicyclic amines) is 1. The average Bonchev–Trinajstić information content (AvgIpc) is 2.48. The van der Waals surface area contributed by atoms with Gasteiger partial charge in [-0.15, -0.1) is 0 Å². The van der Waals surface area contributed by atoms with Gasteiger partial charge in [0.15, 0.2) is 0 Å². The summed E-state index contributed by atoms with van der Waals surface area (Å²) in [6, 6.07) is 5.65. The van der Waals surface area contributed by atoms with Crippen molar-refractivity contribution in [3.63, 3.8) is 0 Å². The Morgan fingerprint density at radius 2 is 2.13 bits per heavy atom. The third-order valence-electron chi connectivity index (χ3n) is 4.02. The number of carbonyl (C=O) groups is 2. The second kappa shape index (κ2) is 8.45. The van der Waals surface area contributed by atoms with E-state index in [1.54, 1.807) is 0 Å². The molecule has 0 aromatic heterocycles. The summed E-state index contributed by atoms with van der Waals surface area (Å²) >= 11 is 3.39. The van der Waals surface area contributed by atoms with Crippen LogP contribution in [0.4, 0.5) is 5.69 Å². The first-order chi connectivity index (χ1) is 10.9. The second-order valence-corrected chi connectivity index (χ2v) is 7.18. The minimum Gasteiger partial charge on any atom is -0.346 e. The number of piperidine rings is 1. The molecular weight excluding hydrogens is 358 g/mol. The number of rotatable bonds is 5. The molecule has 23 heavy (non-hydrogen) atoms. The summed E-state index contributed by atoms with van der Waals surface area (Å²) in [6.07, 6.45) is 2.37. The lowest BCUT2D eigenvalue weighted by molar-refractivity contribution is -0.125. The summed E-state index contributed by atoms with van der Waals surface area (Å²) in [4.78, 5) is 26.0. The average molecular weight is 382 g/mol. The van der Waals surface area contributed by atoms with E-state index in [1.165, 1.54) is 6.42 Å². The van der Waals surface area contributed by atoms with E-state index in [0.717, 1.165) is 35.2 Å². The summed E-state index contributed by atoms with van der Waals surface area (Å²) < 4.78 is 0.970. The van der Waals surface area contributed by atoms with E-state index in [9.17, 15) is 9.59 Å². The van der Waals surface area contributed by atoms with Crippen molar-refractivity contribution in [2.75, 3.05) is 31.5 Å². The molecule has 1 aliphatic rings. The molecule has 0 radical (unpaired) electrons. The van der Waals surface area contributed by atoms with Crippen molar-refractivity contribution in [3.05, 3.63) is 28.2 Å². The van der Waals surface area contributed by atoms with Gasteiger partial charge in [0.05, 0.1) is 13.1 Å². The highest BCUT2D eigenvalue weighted by molar-refractivity contribution is 9.10. The molecule has 5 nitrogen and oxygen atoms in total. The summed E-state index contributed by atoms with van der Waals surface area (Å²) in [7, 11) is 0. The highest BCUT2D eigenvalue weighted by Crippen LogP contribution is 2.19. The summed E-state index contributed by atoms with van der Waals surface area (Å²) in [6.45, 7) is 6.42. The van der Waals surface area contributed by atoms with Crippen LogP contribution in [-0.4, -0.2) is 42.9 Å². The van der Waals surface area contributed by atoms with E-state index in [4.69, 9.17) is 0 Å². The third kappa shape index (κ3) is 5.95. The van der Waals surface area contributed by atoms with Gasteiger partial charge in [-0.2, -0.15) is 0 Å². The van der Waals surface area contributed by atoms with Crippen molar-refractivity contribution in [1.29, 1.82) is 0 Å². The number of benzene rings is 1. The Labute approximate surface area is 145 Å². The largest absolute Gasteiger partial charge is 0.346 e. The molecule has 0 unspecified atom stereocenters. The summed E-state index contributed by atoms with van der Waals surface area (Å²) in [5, 5.41) is 5.51. The van der Waals surface area contributed by atoms with Crippen LogP contribution in [0.25, 0.3) is 0 Å². The number of aryl methyl sites for hydroxylation is 1. The maximum Gasteiger partial charge on any atom is 0.243 e. The van der Waals surface area contributed by atoms with Gasteiger partial charge < -0.3 is 10.6 Å². The van der Waals surface area contributed by atoms with Crippen LogP contribution < -0.4 is 10.6 Å². The molecule has 1 fully saturated rings. The topological polar surface area (TPSA) is 61.4 Å². The molecule has 0 aliphatic carbocycles. The lowest BCUT2D eigenvalue weighted by Crippen LogP contribution is -2.43. The summed E-state index contributed by atoms with van der Waals surface area (Å²) in [5.41, 5.74) is 1.73. The van der Waals surface area contributed by atoms with Gasteiger partial charge >= 0.3 is 0 Å². The zero-order chi connectivity index (χ0) is 16.8.